The Hall–Kier alpha value is -0.860. The van der Waals surface area contributed by atoms with E-state index in [1.807, 2.05) is 0 Å². The highest BCUT2D eigenvalue weighted by atomic mass is 16.5. The lowest BCUT2D eigenvalue weighted by molar-refractivity contribution is 0.106. The maximum absolute atomic E-state index is 5.61. The Kier molecular flexibility index (Phi) is 3.87. The molecule has 2 unspecified atom stereocenters. The van der Waals surface area contributed by atoms with Gasteiger partial charge in [0.2, 0.25) is 0 Å². The molecule has 0 radical (unpaired) electrons. The van der Waals surface area contributed by atoms with Gasteiger partial charge in [0.1, 0.15) is 0 Å². The molecule has 0 bridgehead atoms. The molecule has 0 spiro atoms. The quantitative estimate of drug-likeness (QED) is 0.738. The summed E-state index contributed by atoms with van der Waals surface area (Å²) in [6, 6.07) is 9.11. The van der Waals surface area contributed by atoms with Crippen molar-refractivity contribution in [1.29, 1.82) is 0 Å². The van der Waals surface area contributed by atoms with Crippen LogP contribution in [0.25, 0.3) is 0 Å². The fourth-order valence-corrected chi connectivity index (χ4v) is 3.99. The van der Waals surface area contributed by atoms with Gasteiger partial charge >= 0.3 is 0 Å². The number of ether oxygens (including phenoxy) is 1. The average Bonchev–Trinajstić information content (AvgIpc) is 2.83. The summed E-state index contributed by atoms with van der Waals surface area (Å²) in [5.41, 5.74) is 3.38. The predicted molar refractivity (Wildman–Crippen MR) is 83.1 cm³/mol. The molecule has 2 aliphatic rings. The van der Waals surface area contributed by atoms with Crippen molar-refractivity contribution in [2.75, 3.05) is 32.8 Å². The summed E-state index contributed by atoms with van der Waals surface area (Å²) in [7, 11) is 0. The van der Waals surface area contributed by atoms with E-state index in [4.69, 9.17) is 4.74 Å². The number of hydrogen-bond donors (Lipinski definition) is 0. The Bertz CT molecular complexity index is 458. The zero-order chi connectivity index (χ0) is 14.2. The zero-order valence-corrected chi connectivity index (χ0v) is 13.1. The van der Waals surface area contributed by atoms with Crippen LogP contribution >= 0.6 is 0 Å². The van der Waals surface area contributed by atoms with Crippen molar-refractivity contribution >= 4 is 0 Å². The first kappa shape index (κ1) is 14.1. The van der Waals surface area contributed by atoms with E-state index in [1.165, 1.54) is 18.7 Å². The summed E-state index contributed by atoms with van der Waals surface area (Å²) in [5.74, 6) is 1.71. The molecule has 3 rings (SSSR count). The van der Waals surface area contributed by atoms with Gasteiger partial charge in [-0.25, -0.2) is 0 Å². The second-order valence-corrected chi connectivity index (χ2v) is 6.74. The van der Waals surface area contributed by atoms with Gasteiger partial charge in [0, 0.05) is 31.7 Å². The van der Waals surface area contributed by atoms with Gasteiger partial charge in [-0.1, -0.05) is 43.7 Å². The highest BCUT2D eigenvalue weighted by Crippen LogP contribution is 2.63. The lowest BCUT2D eigenvalue weighted by Gasteiger charge is -2.24. The molecule has 20 heavy (non-hydrogen) atoms. The second kappa shape index (κ2) is 5.50. The highest BCUT2D eigenvalue weighted by molar-refractivity contribution is 5.39. The number of piperidine rings is 1. The van der Waals surface area contributed by atoms with Crippen LogP contribution in [0.4, 0.5) is 0 Å². The van der Waals surface area contributed by atoms with Crippen LogP contribution in [0.1, 0.15) is 31.4 Å². The summed E-state index contributed by atoms with van der Waals surface area (Å²) in [6.07, 6.45) is 1.12. The van der Waals surface area contributed by atoms with Crippen LogP contribution in [-0.2, 0) is 10.2 Å². The van der Waals surface area contributed by atoms with E-state index < -0.39 is 0 Å². The minimum atomic E-state index is 0.437. The molecular weight excluding hydrogens is 246 g/mol. The Morgan fingerprint density at radius 1 is 1.25 bits per heavy atom. The summed E-state index contributed by atoms with van der Waals surface area (Å²) in [4.78, 5) is 2.59. The summed E-state index contributed by atoms with van der Waals surface area (Å²) < 4.78 is 5.61. The maximum atomic E-state index is 5.61. The van der Waals surface area contributed by atoms with Crippen LogP contribution in [0.5, 0.6) is 0 Å². The van der Waals surface area contributed by atoms with Crippen molar-refractivity contribution in [1.82, 2.24) is 4.90 Å². The standard InChI is InChI=1S/C18H27NO/c1-4-9-20-10-8-19-12-16-17(13-19)18(16,3)15-7-5-6-14(2)11-15/h5-7,11,16-17H,4,8-10,12-13H2,1-3H3. The average molecular weight is 273 g/mol. The van der Waals surface area contributed by atoms with Gasteiger partial charge in [0.05, 0.1) is 6.61 Å². The lowest BCUT2D eigenvalue weighted by atomic mass is 9.91. The van der Waals surface area contributed by atoms with Crippen LogP contribution in [0.2, 0.25) is 0 Å². The summed E-state index contributed by atoms with van der Waals surface area (Å²) >= 11 is 0. The van der Waals surface area contributed by atoms with Crippen molar-refractivity contribution in [2.45, 2.75) is 32.6 Å². The highest BCUT2D eigenvalue weighted by Gasteiger charge is 2.65. The Labute approximate surface area is 123 Å². The minimum Gasteiger partial charge on any atom is -0.380 e. The smallest absolute Gasteiger partial charge is 0.0593 e. The second-order valence-electron chi connectivity index (χ2n) is 6.74. The van der Waals surface area contributed by atoms with E-state index in [1.54, 1.807) is 5.56 Å². The van der Waals surface area contributed by atoms with Gasteiger partial charge in [0.25, 0.3) is 0 Å². The van der Waals surface area contributed by atoms with E-state index in [0.29, 0.717) is 5.41 Å². The van der Waals surface area contributed by atoms with Gasteiger partial charge < -0.3 is 9.64 Å². The molecule has 0 amide bonds. The number of benzene rings is 1. The number of nitrogens with zero attached hydrogens (tertiary/aromatic N) is 1. The van der Waals surface area contributed by atoms with E-state index in [0.717, 1.165) is 38.0 Å². The molecule has 2 nitrogen and oxygen atoms in total. The van der Waals surface area contributed by atoms with Crippen LogP contribution in [0, 0.1) is 18.8 Å². The number of fused-ring (bicyclic) bond motifs is 1. The van der Waals surface area contributed by atoms with Crippen LogP contribution in [0.3, 0.4) is 0 Å². The monoisotopic (exact) mass is 273 g/mol. The van der Waals surface area contributed by atoms with Gasteiger partial charge in [0.15, 0.2) is 0 Å². The van der Waals surface area contributed by atoms with Gasteiger partial charge in [-0.05, 0) is 30.7 Å². The molecule has 1 aromatic rings. The first-order valence-electron chi connectivity index (χ1n) is 8.03. The minimum absolute atomic E-state index is 0.437. The Morgan fingerprint density at radius 3 is 2.65 bits per heavy atom. The zero-order valence-electron chi connectivity index (χ0n) is 13.1. The molecule has 2 atom stereocenters. The van der Waals surface area contributed by atoms with E-state index in [2.05, 4.69) is 49.9 Å². The van der Waals surface area contributed by atoms with E-state index in [-0.39, 0.29) is 0 Å². The molecule has 1 heterocycles. The van der Waals surface area contributed by atoms with Gasteiger partial charge in [-0.2, -0.15) is 0 Å². The van der Waals surface area contributed by atoms with E-state index in [9.17, 15) is 0 Å². The normalized spacial score (nSPS) is 32.4. The number of hydrogen-bond acceptors (Lipinski definition) is 2. The molecule has 2 heteroatoms. The third-order valence-electron chi connectivity index (χ3n) is 5.37. The summed E-state index contributed by atoms with van der Waals surface area (Å²) in [6.45, 7) is 12.2. The van der Waals surface area contributed by atoms with Crippen LogP contribution in [0.15, 0.2) is 24.3 Å². The topological polar surface area (TPSA) is 12.5 Å². The van der Waals surface area contributed by atoms with Gasteiger partial charge in [-0.15, -0.1) is 0 Å². The molecular formula is C18H27NO. The van der Waals surface area contributed by atoms with Crippen molar-refractivity contribution in [3.05, 3.63) is 35.4 Å². The van der Waals surface area contributed by atoms with Gasteiger partial charge in [-0.3, -0.25) is 0 Å². The van der Waals surface area contributed by atoms with Crippen molar-refractivity contribution in [3.63, 3.8) is 0 Å². The van der Waals surface area contributed by atoms with Crippen LogP contribution in [-0.4, -0.2) is 37.7 Å². The Morgan fingerprint density at radius 2 is 2.00 bits per heavy atom. The molecule has 1 aromatic carbocycles. The largest absolute Gasteiger partial charge is 0.380 e. The molecule has 1 aliphatic carbocycles. The first-order chi connectivity index (χ1) is 9.66. The molecule has 1 aliphatic heterocycles. The molecule has 110 valence electrons. The molecule has 1 saturated heterocycles. The number of rotatable bonds is 6. The third kappa shape index (κ3) is 2.40. The predicted octanol–water partition coefficient (Wildman–Crippen LogP) is 3.24. The number of aryl methyl sites for hydroxylation is 1. The fourth-order valence-electron chi connectivity index (χ4n) is 3.99. The van der Waals surface area contributed by atoms with E-state index >= 15 is 0 Å². The lowest BCUT2D eigenvalue weighted by Crippen LogP contribution is -2.31. The third-order valence-corrected chi connectivity index (χ3v) is 5.37. The molecule has 1 saturated carbocycles. The summed E-state index contributed by atoms with van der Waals surface area (Å²) in [5, 5.41) is 0. The number of likely N-dealkylation sites (tertiary alicyclic amines) is 1. The van der Waals surface area contributed by atoms with Crippen molar-refractivity contribution in [2.24, 2.45) is 11.8 Å². The van der Waals surface area contributed by atoms with Crippen molar-refractivity contribution in [3.8, 4) is 0 Å². The molecule has 0 aromatic heterocycles. The maximum Gasteiger partial charge on any atom is 0.0593 e. The van der Waals surface area contributed by atoms with Crippen molar-refractivity contribution < 1.29 is 4.74 Å². The fraction of sp³-hybridized carbons (Fsp3) is 0.667. The Balaban J connectivity index is 1.53. The SMILES string of the molecule is CCCOCCN1CC2C(C1)C2(C)c1cccc(C)c1. The van der Waals surface area contributed by atoms with Crippen LogP contribution < -0.4 is 0 Å². The first-order valence-corrected chi connectivity index (χ1v) is 8.03. The molecule has 0 N–H and O–H groups in total. The molecule has 2 fully saturated rings.